The first-order chi connectivity index (χ1) is 13.4. The molecule has 0 radical (unpaired) electrons. The summed E-state index contributed by atoms with van der Waals surface area (Å²) >= 11 is 1.29. The molecule has 3 nitrogen and oxygen atoms in total. The lowest BCUT2D eigenvalue weighted by atomic mass is 10.0. The van der Waals surface area contributed by atoms with Gasteiger partial charge in [-0.25, -0.2) is 0 Å². The number of rotatable bonds is 7. The van der Waals surface area contributed by atoms with Crippen LogP contribution in [-0.2, 0) is 6.18 Å². The molecule has 3 aromatic rings. The van der Waals surface area contributed by atoms with Crippen LogP contribution in [0, 0.1) is 0 Å². The number of thioether (sulfide) groups is 1. The van der Waals surface area contributed by atoms with E-state index in [1.165, 1.54) is 30.1 Å². The number of carbonyl (C=O) groups excluding carboxylic acids is 1. The highest BCUT2D eigenvalue weighted by molar-refractivity contribution is 7.99. The second-order valence-electron chi connectivity index (χ2n) is 6.31. The quantitative estimate of drug-likeness (QED) is 0.372. The summed E-state index contributed by atoms with van der Waals surface area (Å²) in [6.07, 6.45) is -0.0707. The summed E-state index contributed by atoms with van der Waals surface area (Å²) < 4.78 is 40.6. The summed E-state index contributed by atoms with van der Waals surface area (Å²) in [6, 6.07) is 12.6. The van der Waals surface area contributed by atoms with Crippen LogP contribution < -0.4 is 0 Å². The lowest BCUT2D eigenvalue weighted by Gasteiger charge is -2.20. The fourth-order valence-electron chi connectivity index (χ4n) is 2.93. The number of nitrogens with zero attached hydrogens (tertiary/aromatic N) is 1. The maximum Gasteiger partial charge on any atom is 0.416 e. The van der Waals surface area contributed by atoms with Gasteiger partial charge in [0.15, 0.2) is 5.78 Å². The first-order valence-electron chi connectivity index (χ1n) is 8.85. The number of carbonyl (C=O) groups is 1. The van der Waals surface area contributed by atoms with E-state index in [0.717, 1.165) is 17.4 Å². The average molecular weight is 404 g/mol. The zero-order valence-electron chi connectivity index (χ0n) is 15.2. The molecule has 0 spiro atoms. The highest BCUT2D eigenvalue weighted by atomic mass is 32.2. The number of hydrogen-bond donors (Lipinski definition) is 1. The second kappa shape index (κ2) is 8.65. The molecule has 0 bridgehead atoms. The van der Waals surface area contributed by atoms with Crippen molar-refractivity contribution in [2.24, 2.45) is 0 Å². The molecule has 1 N–H and O–H groups in total. The summed E-state index contributed by atoms with van der Waals surface area (Å²) in [4.78, 5) is 12.8. The van der Waals surface area contributed by atoms with E-state index >= 15 is 0 Å². The van der Waals surface area contributed by atoms with Gasteiger partial charge >= 0.3 is 6.18 Å². The van der Waals surface area contributed by atoms with E-state index < -0.39 is 17.0 Å². The zero-order chi connectivity index (χ0) is 20.1. The number of benzene rings is 2. The molecule has 2 aromatic carbocycles. The summed E-state index contributed by atoms with van der Waals surface area (Å²) in [7, 11) is 0. The van der Waals surface area contributed by atoms with Crippen LogP contribution in [0.2, 0.25) is 0 Å². The fourth-order valence-corrected chi connectivity index (χ4v) is 4.09. The van der Waals surface area contributed by atoms with Crippen LogP contribution in [0.1, 0.15) is 52.1 Å². The van der Waals surface area contributed by atoms with Gasteiger partial charge in [-0.2, -0.15) is 18.3 Å². The van der Waals surface area contributed by atoms with Gasteiger partial charge in [-0.1, -0.05) is 37.3 Å². The van der Waals surface area contributed by atoms with Crippen LogP contribution in [0.3, 0.4) is 0 Å². The first-order valence-corrected chi connectivity index (χ1v) is 9.73. The van der Waals surface area contributed by atoms with Crippen molar-refractivity contribution in [2.45, 2.75) is 36.1 Å². The topological polar surface area (TPSA) is 45.8 Å². The third-order valence-electron chi connectivity index (χ3n) is 4.28. The van der Waals surface area contributed by atoms with E-state index in [4.69, 9.17) is 0 Å². The average Bonchev–Trinajstić information content (AvgIpc) is 3.20. The highest BCUT2D eigenvalue weighted by Crippen LogP contribution is 2.45. The Morgan fingerprint density at radius 1 is 1.14 bits per heavy atom. The van der Waals surface area contributed by atoms with E-state index in [1.807, 2.05) is 6.92 Å². The molecular weight excluding hydrogens is 385 g/mol. The molecule has 0 saturated heterocycles. The van der Waals surface area contributed by atoms with Crippen LogP contribution >= 0.6 is 11.8 Å². The Balaban J connectivity index is 1.95. The van der Waals surface area contributed by atoms with Gasteiger partial charge in [0.1, 0.15) is 0 Å². The van der Waals surface area contributed by atoms with Crippen molar-refractivity contribution in [2.75, 3.05) is 0 Å². The number of aromatic amines is 1. The van der Waals surface area contributed by atoms with E-state index in [1.54, 1.807) is 36.5 Å². The molecular formula is C21H19F3N2OS. The molecule has 28 heavy (non-hydrogen) atoms. The van der Waals surface area contributed by atoms with Gasteiger partial charge < -0.3 is 0 Å². The summed E-state index contributed by atoms with van der Waals surface area (Å²) in [5.41, 5.74) is 0.769. The van der Waals surface area contributed by atoms with Crippen molar-refractivity contribution in [1.82, 2.24) is 10.2 Å². The van der Waals surface area contributed by atoms with Crippen LogP contribution in [0.15, 0.2) is 65.8 Å². The monoisotopic (exact) mass is 404 g/mol. The Morgan fingerprint density at radius 3 is 2.46 bits per heavy atom. The summed E-state index contributed by atoms with van der Waals surface area (Å²) in [6.45, 7) is 1.94. The van der Waals surface area contributed by atoms with Crippen LogP contribution in [0.4, 0.5) is 13.2 Å². The van der Waals surface area contributed by atoms with Crippen LogP contribution in [0.25, 0.3) is 0 Å². The molecule has 0 aliphatic heterocycles. The Hall–Kier alpha value is -2.54. The molecule has 1 heterocycles. The molecule has 1 atom stereocenters. The number of ketones is 1. The number of Topliss-reactive ketones (excluding diaryl/α,β-unsaturated/α-hetero) is 1. The number of aromatic nitrogens is 2. The minimum atomic E-state index is -4.45. The number of hydrogen-bond acceptors (Lipinski definition) is 3. The Bertz CT molecular complexity index is 922. The molecule has 1 aromatic heterocycles. The van der Waals surface area contributed by atoms with Gasteiger partial charge in [-0.3, -0.25) is 9.89 Å². The fraction of sp³-hybridized carbons (Fsp3) is 0.238. The van der Waals surface area contributed by atoms with Crippen molar-refractivity contribution in [3.63, 3.8) is 0 Å². The number of alkyl halides is 3. The summed E-state index contributed by atoms with van der Waals surface area (Å²) in [5.74, 6) is 0.0628. The smallest absolute Gasteiger partial charge is 0.294 e. The van der Waals surface area contributed by atoms with Gasteiger partial charge in [0, 0.05) is 28.6 Å². The van der Waals surface area contributed by atoms with Crippen LogP contribution in [0.5, 0.6) is 0 Å². The number of halogens is 3. The summed E-state index contributed by atoms with van der Waals surface area (Å²) in [5, 5.41) is 5.98. The van der Waals surface area contributed by atoms with E-state index in [0.29, 0.717) is 17.5 Å². The van der Waals surface area contributed by atoms with Crippen molar-refractivity contribution < 1.29 is 18.0 Å². The molecule has 0 saturated carbocycles. The van der Waals surface area contributed by atoms with Crippen molar-refractivity contribution in [1.29, 1.82) is 0 Å². The predicted octanol–water partition coefficient (Wildman–Crippen LogP) is 6.29. The normalized spacial score (nSPS) is 12.7. The lowest BCUT2D eigenvalue weighted by Crippen LogP contribution is -2.11. The van der Waals surface area contributed by atoms with Gasteiger partial charge in [-0.15, -0.1) is 11.8 Å². The SMILES string of the molecule is CCCC(=O)c1ccc(SC(c2cn[nH]c2)c2ccccc2C(F)(F)F)cc1. The third-order valence-corrected chi connectivity index (χ3v) is 5.58. The van der Waals surface area contributed by atoms with Gasteiger partial charge in [0.05, 0.1) is 17.0 Å². The molecule has 7 heteroatoms. The van der Waals surface area contributed by atoms with E-state index in [2.05, 4.69) is 10.2 Å². The first kappa shape index (κ1) is 20.2. The van der Waals surface area contributed by atoms with Crippen molar-refractivity contribution in [3.8, 4) is 0 Å². The van der Waals surface area contributed by atoms with Gasteiger partial charge in [-0.05, 0) is 30.2 Å². The highest BCUT2D eigenvalue weighted by Gasteiger charge is 2.35. The second-order valence-corrected chi connectivity index (χ2v) is 7.49. The minimum Gasteiger partial charge on any atom is -0.294 e. The maximum absolute atomic E-state index is 13.5. The van der Waals surface area contributed by atoms with Gasteiger partial charge in [0.2, 0.25) is 0 Å². The largest absolute Gasteiger partial charge is 0.416 e. The van der Waals surface area contributed by atoms with E-state index in [-0.39, 0.29) is 11.3 Å². The predicted molar refractivity (Wildman–Crippen MR) is 103 cm³/mol. The molecule has 146 valence electrons. The standard InChI is InChI=1S/C21H19F3N2OS/c1-2-5-19(27)14-8-10-16(11-9-14)28-20(15-12-25-26-13-15)17-6-3-4-7-18(17)21(22,23)24/h3-4,6-13,20H,2,5H2,1H3,(H,25,26). The maximum atomic E-state index is 13.5. The van der Waals surface area contributed by atoms with Crippen LogP contribution in [-0.4, -0.2) is 16.0 Å². The molecule has 0 aliphatic rings. The molecule has 0 amide bonds. The Kier molecular flexibility index (Phi) is 6.24. The number of nitrogens with one attached hydrogen (secondary N) is 1. The van der Waals surface area contributed by atoms with Gasteiger partial charge in [0.25, 0.3) is 0 Å². The van der Waals surface area contributed by atoms with Crippen molar-refractivity contribution >= 4 is 17.5 Å². The molecule has 0 aliphatic carbocycles. The molecule has 0 fully saturated rings. The third kappa shape index (κ3) is 4.65. The number of H-pyrrole nitrogens is 1. The molecule has 3 rings (SSSR count). The zero-order valence-corrected chi connectivity index (χ0v) is 16.0. The molecule has 1 unspecified atom stereocenters. The minimum absolute atomic E-state index is 0.0628. The Morgan fingerprint density at radius 2 is 1.86 bits per heavy atom. The van der Waals surface area contributed by atoms with Crippen molar-refractivity contribution in [3.05, 3.63) is 83.2 Å². The lowest BCUT2D eigenvalue weighted by molar-refractivity contribution is -0.138. The Labute approximate surface area is 165 Å². The van der Waals surface area contributed by atoms with E-state index in [9.17, 15) is 18.0 Å².